The normalized spacial score (nSPS) is 10.3. The van der Waals surface area contributed by atoms with Crippen LogP contribution in [0, 0.1) is 5.82 Å². The smallest absolute Gasteiger partial charge is 0.254 e. The van der Waals surface area contributed by atoms with Gasteiger partial charge in [-0.25, -0.2) is 9.37 Å². The van der Waals surface area contributed by atoms with Gasteiger partial charge in [-0.15, -0.1) is 0 Å². The van der Waals surface area contributed by atoms with Crippen LogP contribution in [-0.2, 0) is 4.74 Å². The van der Waals surface area contributed by atoms with Crippen molar-refractivity contribution in [3.05, 3.63) is 23.6 Å². The summed E-state index contributed by atoms with van der Waals surface area (Å²) in [6.07, 6.45) is 2.97. The second-order valence-corrected chi connectivity index (χ2v) is 4.05. The second kappa shape index (κ2) is 8.42. The monoisotopic (exact) mass is 269 g/mol. The van der Waals surface area contributed by atoms with E-state index in [1.54, 1.807) is 7.11 Å². The van der Waals surface area contributed by atoms with Gasteiger partial charge in [-0.1, -0.05) is 6.92 Å². The van der Waals surface area contributed by atoms with Crippen molar-refractivity contribution in [3.63, 3.8) is 0 Å². The number of amides is 1. The first-order valence-electron chi connectivity index (χ1n) is 6.36. The van der Waals surface area contributed by atoms with E-state index in [0.29, 0.717) is 26.1 Å². The summed E-state index contributed by atoms with van der Waals surface area (Å²) in [5.74, 6) is -0.929. The number of anilines is 1. The summed E-state index contributed by atoms with van der Waals surface area (Å²) in [5.41, 5.74) is 0.00557. The summed E-state index contributed by atoms with van der Waals surface area (Å²) < 4.78 is 18.9. The van der Waals surface area contributed by atoms with Crippen LogP contribution in [0.5, 0.6) is 0 Å². The van der Waals surface area contributed by atoms with Crippen molar-refractivity contribution in [2.24, 2.45) is 0 Å². The van der Waals surface area contributed by atoms with E-state index in [2.05, 4.69) is 15.6 Å². The Labute approximate surface area is 112 Å². The number of aromatic nitrogens is 1. The van der Waals surface area contributed by atoms with Crippen LogP contribution in [0.15, 0.2) is 12.3 Å². The number of methoxy groups -OCH3 is 1. The molecule has 0 saturated heterocycles. The molecule has 1 aromatic rings. The highest BCUT2D eigenvalue weighted by molar-refractivity contribution is 5.95. The summed E-state index contributed by atoms with van der Waals surface area (Å²) in [4.78, 5) is 15.7. The molecule has 0 unspecified atom stereocenters. The number of carbonyl (C=O) groups is 1. The van der Waals surface area contributed by atoms with Crippen molar-refractivity contribution in [1.29, 1.82) is 0 Å². The fourth-order valence-electron chi connectivity index (χ4n) is 1.50. The maximum Gasteiger partial charge on any atom is 0.254 e. The van der Waals surface area contributed by atoms with Gasteiger partial charge in [-0.2, -0.15) is 0 Å². The molecule has 1 rings (SSSR count). The third-order valence-electron chi connectivity index (χ3n) is 2.49. The number of rotatable bonds is 8. The van der Waals surface area contributed by atoms with Crippen LogP contribution in [0.2, 0.25) is 0 Å². The molecule has 0 aromatic carbocycles. The van der Waals surface area contributed by atoms with Gasteiger partial charge in [-0.05, 0) is 18.9 Å². The predicted octanol–water partition coefficient (Wildman–Crippen LogP) is 1.81. The van der Waals surface area contributed by atoms with Gasteiger partial charge in [0.25, 0.3) is 5.91 Å². The number of pyridine rings is 1. The highest BCUT2D eigenvalue weighted by Crippen LogP contribution is 2.14. The Balaban J connectivity index is 2.63. The summed E-state index contributed by atoms with van der Waals surface area (Å²) in [7, 11) is 1.59. The standard InChI is InChI=1S/C13H20FN3O2/c1-3-6-15-12-11(14)10(5-8-16-12)13(18)17-7-4-9-19-2/h5,8H,3-4,6-7,9H2,1-2H3,(H,15,16)(H,17,18). The third-order valence-corrected chi connectivity index (χ3v) is 2.49. The molecule has 0 aliphatic rings. The molecule has 0 aliphatic carbocycles. The van der Waals surface area contributed by atoms with Crippen LogP contribution in [0.25, 0.3) is 0 Å². The number of hydrogen-bond donors (Lipinski definition) is 2. The maximum absolute atomic E-state index is 14.0. The third kappa shape index (κ3) is 4.82. The molecule has 0 aliphatic heterocycles. The van der Waals surface area contributed by atoms with Gasteiger partial charge in [0, 0.05) is 33.0 Å². The van der Waals surface area contributed by atoms with Crippen LogP contribution < -0.4 is 10.6 Å². The topological polar surface area (TPSA) is 63.2 Å². The molecule has 0 atom stereocenters. The molecule has 6 heteroatoms. The molecule has 1 aromatic heterocycles. The fourth-order valence-corrected chi connectivity index (χ4v) is 1.50. The average molecular weight is 269 g/mol. The number of hydrogen-bond acceptors (Lipinski definition) is 4. The predicted molar refractivity (Wildman–Crippen MR) is 71.8 cm³/mol. The van der Waals surface area contributed by atoms with Gasteiger partial charge in [0.1, 0.15) is 0 Å². The molecule has 106 valence electrons. The molecule has 19 heavy (non-hydrogen) atoms. The van der Waals surface area contributed by atoms with Crippen LogP contribution in [0.3, 0.4) is 0 Å². The first-order chi connectivity index (χ1) is 9.20. The largest absolute Gasteiger partial charge is 0.385 e. The molecule has 1 amide bonds. The zero-order chi connectivity index (χ0) is 14.1. The summed E-state index contributed by atoms with van der Waals surface area (Å²) in [5, 5.41) is 5.49. The number of carbonyl (C=O) groups excluding carboxylic acids is 1. The Morgan fingerprint density at radius 3 is 2.95 bits per heavy atom. The van der Waals surface area contributed by atoms with Gasteiger partial charge in [0.05, 0.1) is 5.56 Å². The van der Waals surface area contributed by atoms with Crippen molar-refractivity contribution in [2.75, 3.05) is 32.1 Å². The van der Waals surface area contributed by atoms with Gasteiger partial charge >= 0.3 is 0 Å². The van der Waals surface area contributed by atoms with Crippen molar-refractivity contribution in [1.82, 2.24) is 10.3 Å². The quantitative estimate of drug-likeness (QED) is 0.706. The van der Waals surface area contributed by atoms with Crippen molar-refractivity contribution < 1.29 is 13.9 Å². The maximum atomic E-state index is 14.0. The lowest BCUT2D eigenvalue weighted by Crippen LogP contribution is -2.26. The highest BCUT2D eigenvalue weighted by atomic mass is 19.1. The van der Waals surface area contributed by atoms with Crippen LogP contribution in [0.4, 0.5) is 10.2 Å². The lowest BCUT2D eigenvalue weighted by molar-refractivity contribution is 0.0944. The zero-order valence-electron chi connectivity index (χ0n) is 11.3. The first-order valence-corrected chi connectivity index (χ1v) is 6.36. The van der Waals surface area contributed by atoms with E-state index in [4.69, 9.17) is 4.74 Å². The van der Waals surface area contributed by atoms with Crippen LogP contribution in [0.1, 0.15) is 30.1 Å². The van der Waals surface area contributed by atoms with Gasteiger partial charge in [0.15, 0.2) is 11.6 Å². The molecule has 2 N–H and O–H groups in total. The van der Waals surface area contributed by atoms with E-state index < -0.39 is 11.7 Å². The summed E-state index contributed by atoms with van der Waals surface area (Å²) >= 11 is 0. The molecule has 5 nitrogen and oxygen atoms in total. The molecule has 1 heterocycles. The Hall–Kier alpha value is -1.69. The molecule has 0 bridgehead atoms. The lowest BCUT2D eigenvalue weighted by atomic mass is 10.2. The van der Waals surface area contributed by atoms with E-state index in [0.717, 1.165) is 6.42 Å². The Kier molecular flexibility index (Phi) is 6.81. The second-order valence-electron chi connectivity index (χ2n) is 4.05. The average Bonchev–Trinajstić information content (AvgIpc) is 2.42. The molecule has 0 spiro atoms. The summed E-state index contributed by atoms with van der Waals surface area (Å²) in [6, 6.07) is 1.37. The van der Waals surface area contributed by atoms with Crippen molar-refractivity contribution in [2.45, 2.75) is 19.8 Å². The molecule has 0 radical (unpaired) electrons. The van der Waals surface area contributed by atoms with Gasteiger partial charge in [-0.3, -0.25) is 4.79 Å². The van der Waals surface area contributed by atoms with E-state index in [-0.39, 0.29) is 11.4 Å². The van der Waals surface area contributed by atoms with E-state index in [9.17, 15) is 9.18 Å². The van der Waals surface area contributed by atoms with Gasteiger partial charge in [0.2, 0.25) is 0 Å². The molecule has 0 saturated carbocycles. The minimum Gasteiger partial charge on any atom is -0.385 e. The Bertz CT molecular complexity index is 413. The fraction of sp³-hybridized carbons (Fsp3) is 0.538. The Morgan fingerprint density at radius 2 is 2.26 bits per heavy atom. The van der Waals surface area contributed by atoms with E-state index >= 15 is 0 Å². The van der Waals surface area contributed by atoms with Crippen LogP contribution in [-0.4, -0.2) is 37.7 Å². The molecular weight excluding hydrogens is 249 g/mol. The van der Waals surface area contributed by atoms with E-state index in [1.165, 1.54) is 12.3 Å². The highest BCUT2D eigenvalue weighted by Gasteiger charge is 2.15. The minimum absolute atomic E-state index is 0.00557. The lowest BCUT2D eigenvalue weighted by Gasteiger charge is -2.09. The Morgan fingerprint density at radius 1 is 1.47 bits per heavy atom. The van der Waals surface area contributed by atoms with E-state index in [1.807, 2.05) is 6.92 Å². The van der Waals surface area contributed by atoms with Crippen molar-refractivity contribution >= 4 is 11.7 Å². The molecular formula is C13H20FN3O2. The van der Waals surface area contributed by atoms with Crippen molar-refractivity contribution in [3.8, 4) is 0 Å². The minimum atomic E-state index is -0.611. The number of nitrogens with one attached hydrogen (secondary N) is 2. The SMILES string of the molecule is CCCNc1nccc(C(=O)NCCCOC)c1F. The zero-order valence-corrected chi connectivity index (χ0v) is 11.3. The molecule has 0 fully saturated rings. The number of ether oxygens (including phenoxy) is 1. The number of halogens is 1. The first kappa shape index (κ1) is 15.4. The summed E-state index contributed by atoms with van der Waals surface area (Å²) in [6.45, 7) is 3.59. The van der Waals surface area contributed by atoms with Gasteiger partial charge < -0.3 is 15.4 Å². The van der Waals surface area contributed by atoms with Crippen LogP contribution >= 0.6 is 0 Å². The number of nitrogens with zero attached hydrogens (tertiary/aromatic N) is 1.